The summed E-state index contributed by atoms with van der Waals surface area (Å²) in [6, 6.07) is 8.69. The third-order valence-electron chi connectivity index (χ3n) is 4.74. The predicted molar refractivity (Wildman–Crippen MR) is 103 cm³/mol. The van der Waals surface area contributed by atoms with Crippen LogP contribution >= 0.6 is 0 Å². The average molecular weight is 453 g/mol. The number of fused-ring (bicyclic) bond motifs is 1. The molecule has 0 aliphatic carbocycles. The lowest BCUT2D eigenvalue weighted by atomic mass is 10.1. The van der Waals surface area contributed by atoms with E-state index >= 15 is 0 Å². The minimum atomic E-state index is -4.79. The summed E-state index contributed by atoms with van der Waals surface area (Å²) in [5, 5.41) is -0.406. The van der Waals surface area contributed by atoms with Crippen LogP contribution in [0.4, 0.5) is 18.9 Å². The molecule has 0 bridgehead atoms. The molecule has 1 aliphatic heterocycles. The SMILES string of the molecule is O=C1CCCN1c1ccc(S(=O)(=O)Oc2ccc3c(C(F)(F)F)cc(=O)oc3c2)cc1. The highest BCUT2D eigenvalue weighted by Crippen LogP contribution is 2.35. The van der Waals surface area contributed by atoms with Crippen LogP contribution in [0.3, 0.4) is 0 Å². The van der Waals surface area contributed by atoms with Gasteiger partial charge in [0.1, 0.15) is 16.2 Å². The zero-order valence-electron chi connectivity index (χ0n) is 15.7. The molecule has 7 nitrogen and oxygen atoms in total. The van der Waals surface area contributed by atoms with Crippen molar-refractivity contribution in [2.24, 2.45) is 0 Å². The lowest BCUT2D eigenvalue weighted by molar-refractivity contribution is -0.136. The van der Waals surface area contributed by atoms with Gasteiger partial charge in [-0.25, -0.2) is 4.79 Å². The molecule has 3 aromatic rings. The Bertz CT molecular complexity index is 1330. The Morgan fingerprint density at radius 2 is 1.71 bits per heavy atom. The molecule has 162 valence electrons. The topological polar surface area (TPSA) is 93.9 Å². The van der Waals surface area contributed by atoms with Gasteiger partial charge in [-0.3, -0.25) is 4.79 Å². The van der Waals surface area contributed by atoms with Crippen molar-refractivity contribution in [3.8, 4) is 5.75 Å². The van der Waals surface area contributed by atoms with Gasteiger partial charge >= 0.3 is 21.9 Å². The van der Waals surface area contributed by atoms with E-state index in [2.05, 4.69) is 0 Å². The minimum absolute atomic E-state index is 0.0530. The smallest absolute Gasteiger partial charge is 0.417 e. The Morgan fingerprint density at radius 1 is 1.00 bits per heavy atom. The number of rotatable bonds is 4. The molecule has 2 aromatic carbocycles. The lowest BCUT2D eigenvalue weighted by Crippen LogP contribution is -2.23. The zero-order valence-corrected chi connectivity index (χ0v) is 16.5. The van der Waals surface area contributed by atoms with Gasteiger partial charge in [-0.05, 0) is 42.8 Å². The van der Waals surface area contributed by atoms with Gasteiger partial charge < -0.3 is 13.5 Å². The van der Waals surface area contributed by atoms with Crippen LogP contribution in [0.25, 0.3) is 11.0 Å². The molecular weight excluding hydrogens is 439 g/mol. The van der Waals surface area contributed by atoms with E-state index in [1.165, 1.54) is 24.3 Å². The summed E-state index contributed by atoms with van der Waals surface area (Å²) in [6.45, 7) is 0.545. The highest BCUT2D eigenvalue weighted by atomic mass is 32.2. The number of hydrogen-bond acceptors (Lipinski definition) is 6. The molecular formula is C20H14F3NO6S. The van der Waals surface area contributed by atoms with Gasteiger partial charge in [0.05, 0.1) is 5.56 Å². The first kappa shape index (κ1) is 20.9. The third kappa shape index (κ3) is 4.13. The van der Waals surface area contributed by atoms with E-state index in [-0.39, 0.29) is 16.6 Å². The number of halogens is 3. The van der Waals surface area contributed by atoms with Gasteiger partial charge in [-0.15, -0.1) is 0 Å². The van der Waals surface area contributed by atoms with Crippen LogP contribution in [-0.4, -0.2) is 20.9 Å². The number of amides is 1. The number of carbonyl (C=O) groups excluding carboxylic acids is 1. The maximum absolute atomic E-state index is 13.1. The highest BCUT2D eigenvalue weighted by Gasteiger charge is 2.34. The summed E-state index contributed by atoms with van der Waals surface area (Å²) in [4.78, 5) is 24.6. The quantitative estimate of drug-likeness (QED) is 0.442. The van der Waals surface area contributed by atoms with Crippen LogP contribution in [-0.2, 0) is 21.1 Å². The number of benzene rings is 2. The van der Waals surface area contributed by atoms with Gasteiger partial charge in [-0.1, -0.05) is 0 Å². The molecule has 11 heteroatoms. The van der Waals surface area contributed by atoms with Crippen LogP contribution in [0.15, 0.2) is 62.6 Å². The van der Waals surface area contributed by atoms with E-state index in [1.807, 2.05) is 0 Å². The summed E-state index contributed by atoms with van der Waals surface area (Å²) in [7, 11) is -4.33. The standard InChI is InChI=1S/C20H14F3NO6S/c21-20(22,23)16-11-19(26)29-17-10-13(5-8-15(16)17)30-31(27,28)14-6-3-12(4-7-14)24-9-1-2-18(24)25/h3-8,10-11H,1-2,9H2. The molecule has 1 aromatic heterocycles. The molecule has 4 rings (SSSR count). The van der Waals surface area contributed by atoms with Gasteiger partial charge in [-0.2, -0.15) is 21.6 Å². The average Bonchev–Trinajstić information content (AvgIpc) is 3.12. The van der Waals surface area contributed by atoms with Gasteiger partial charge in [0.2, 0.25) is 5.91 Å². The fraction of sp³-hybridized carbons (Fsp3) is 0.200. The van der Waals surface area contributed by atoms with Crippen molar-refractivity contribution in [1.82, 2.24) is 0 Å². The molecule has 31 heavy (non-hydrogen) atoms. The largest absolute Gasteiger partial charge is 0.423 e. The molecule has 0 radical (unpaired) electrons. The summed E-state index contributed by atoms with van der Waals surface area (Å²) in [5.41, 5.74) is -2.34. The highest BCUT2D eigenvalue weighted by molar-refractivity contribution is 7.87. The van der Waals surface area contributed by atoms with Crippen LogP contribution in [0.1, 0.15) is 18.4 Å². The summed E-state index contributed by atoms with van der Waals surface area (Å²) >= 11 is 0. The molecule has 0 spiro atoms. The van der Waals surface area contributed by atoms with Crippen LogP contribution in [0.5, 0.6) is 5.75 Å². The second kappa shape index (κ2) is 7.41. The number of carbonyl (C=O) groups is 1. The Balaban J connectivity index is 1.63. The molecule has 0 saturated carbocycles. The Kier molecular flexibility index (Phi) is 5.00. The molecule has 0 unspecified atom stereocenters. The normalized spacial score (nSPS) is 14.9. The molecule has 1 saturated heterocycles. The summed E-state index contributed by atoms with van der Waals surface area (Å²) < 4.78 is 74.3. The number of nitrogens with zero attached hydrogens (tertiary/aromatic N) is 1. The maximum Gasteiger partial charge on any atom is 0.417 e. The van der Waals surface area contributed by atoms with E-state index in [1.54, 1.807) is 4.90 Å². The van der Waals surface area contributed by atoms with Crippen LogP contribution in [0.2, 0.25) is 0 Å². The van der Waals surface area contributed by atoms with Crippen molar-refractivity contribution in [2.75, 3.05) is 11.4 Å². The van der Waals surface area contributed by atoms with Crippen molar-refractivity contribution in [2.45, 2.75) is 23.9 Å². The lowest BCUT2D eigenvalue weighted by Gasteiger charge is -2.16. The van der Waals surface area contributed by atoms with Crippen molar-refractivity contribution in [3.63, 3.8) is 0 Å². The Labute approximate surface area is 173 Å². The van der Waals surface area contributed by atoms with E-state index in [9.17, 15) is 31.2 Å². The Morgan fingerprint density at radius 3 is 2.32 bits per heavy atom. The first-order chi connectivity index (χ1) is 14.5. The molecule has 1 amide bonds. The van der Waals surface area contributed by atoms with Gasteiger partial charge in [0.15, 0.2) is 0 Å². The van der Waals surface area contributed by atoms with E-state index < -0.39 is 38.5 Å². The number of hydrogen-bond donors (Lipinski definition) is 0. The first-order valence-corrected chi connectivity index (χ1v) is 10.5. The minimum Gasteiger partial charge on any atom is -0.423 e. The molecule has 1 fully saturated rings. The summed E-state index contributed by atoms with van der Waals surface area (Å²) in [5.74, 6) is -0.378. The monoisotopic (exact) mass is 453 g/mol. The van der Waals surface area contributed by atoms with Crippen molar-refractivity contribution < 1.29 is 35.0 Å². The molecule has 0 atom stereocenters. The van der Waals surface area contributed by atoms with Gasteiger partial charge in [0.25, 0.3) is 0 Å². The fourth-order valence-electron chi connectivity index (χ4n) is 3.32. The first-order valence-electron chi connectivity index (χ1n) is 9.05. The van der Waals surface area contributed by atoms with Crippen molar-refractivity contribution in [1.29, 1.82) is 0 Å². The fourth-order valence-corrected chi connectivity index (χ4v) is 4.24. The van der Waals surface area contributed by atoms with E-state index in [0.29, 0.717) is 24.7 Å². The van der Waals surface area contributed by atoms with E-state index in [0.717, 1.165) is 24.6 Å². The Hall–Kier alpha value is -3.34. The second-order valence-electron chi connectivity index (χ2n) is 6.82. The molecule has 1 aliphatic rings. The second-order valence-corrected chi connectivity index (χ2v) is 8.36. The molecule has 0 N–H and O–H groups in total. The maximum atomic E-state index is 13.1. The van der Waals surface area contributed by atoms with Crippen LogP contribution < -0.4 is 14.7 Å². The molecule has 2 heterocycles. The van der Waals surface area contributed by atoms with E-state index in [4.69, 9.17) is 8.60 Å². The zero-order chi connectivity index (χ0) is 22.4. The van der Waals surface area contributed by atoms with Crippen molar-refractivity contribution in [3.05, 3.63) is 64.5 Å². The number of anilines is 1. The predicted octanol–water partition coefficient (Wildman–Crippen LogP) is 3.71. The summed E-state index contributed by atoms with van der Waals surface area (Å²) in [6.07, 6.45) is -3.64. The van der Waals surface area contributed by atoms with Crippen LogP contribution in [0, 0.1) is 0 Å². The van der Waals surface area contributed by atoms with Gasteiger partial charge in [0, 0.05) is 36.2 Å². The van der Waals surface area contributed by atoms with Crippen molar-refractivity contribution >= 4 is 32.7 Å². The number of alkyl halides is 3. The third-order valence-corrected chi connectivity index (χ3v) is 6.00.